The summed E-state index contributed by atoms with van der Waals surface area (Å²) < 4.78 is 10.5. The van der Waals surface area contributed by atoms with E-state index in [1.54, 1.807) is 24.3 Å². The van der Waals surface area contributed by atoms with Crippen LogP contribution >= 0.6 is 0 Å². The Kier molecular flexibility index (Phi) is 4.38. The van der Waals surface area contributed by atoms with Gasteiger partial charge >= 0.3 is 0 Å². The molecule has 0 atom stereocenters. The van der Waals surface area contributed by atoms with E-state index in [1.807, 2.05) is 6.07 Å². The zero-order valence-electron chi connectivity index (χ0n) is 14.1. The number of anilines is 1. The lowest BCUT2D eigenvalue weighted by Gasteiger charge is -2.37. The number of ether oxygens (including phenoxy) is 2. The van der Waals surface area contributed by atoms with Crippen LogP contribution in [0.2, 0.25) is 0 Å². The average Bonchev–Trinajstić information content (AvgIpc) is 2.59. The molecule has 0 spiro atoms. The monoisotopic (exact) mass is 327 g/mol. The Hall–Kier alpha value is -2.63. The van der Waals surface area contributed by atoms with E-state index < -0.39 is 0 Å². The maximum atomic E-state index is 12.6. The number of methoxy groups -OCH3 is 2. The predicted octanol–water partition coefficient (Wildman–Crippen LogP) is 3.19. The van der Waals surface area contributed by atoms with Gasteiger partial charge in [0, 0.05) is 5.41 Å². The number of hydrogen-bond donors (Lipinski definition) is 1. The molecule has 1 aromatic carbocycles. The number of nitrogens with zero attached hydrogens (tertiary/aromatic N) is 2. The Labute approximate surface area is 141 Å². The quantitative estimate of drug-likeness (QED) is 0.913. The van der Waals surface area contributed by atoms with Crippen molar-refractivity contribution in [3.8, 4) is 11.5 Å². The fourth-order valence-corrected chi connectivity index (χ4v) is 2.94. The molecule has 1 fully saturated rings. The minimum atomic E-state index is -0.346. The highest BCUT2D eigenvalue weighted by atomic mass is 16.5. The van der Waals surface area contributed by atoms with Crippen molar-refractivity contribution in [3.63, 3.8) is 0 Å². The van der Waals surface area contributed by atoms with Crippen molar-refractivity contribution in [2.75, 3.05) is 19.5 Å². The molecule has 6 nitrogen and oxygen atoms in total. The molecule has 6 heteroatoms. The van der Waals surface area contributed by atoms with Gasteiger partial charge in [-0.15, -0.1) is 5.10 Å². The highest BCUT2D eigenvalue weighted by molar-refractivity contribution is 6.07. The summed E-state index contributed by atoms with van der Waals surface area (Å²) in [6.07, 6.45) is 3.49. The van der Waals surface area contributed by atoms with E-state index in [4.69, 9.17) is 9.47 Å². The van der Waals surface area contributed by atoms with Crippen LogP contribution < -0.4 is 14.8 Å². The lowest BCUT2D eigenvalue weighted by molar-refractivity contribution is 0.102. The summed E-state index contributed by atoms with van der Waals surface area (Å²) in [6.45, 7) is 2.19. The van der Waals surface area contributed by atoms with Gasteiger partial charge in [0.25, 0.3) is 5.91 Å². The maximum Gasteiger partial charge on any atom is 0.264 e. The largest absolute Gasteiger partial charge is 0.496 e. The summed E-state index contributed by atoms with van der Waals surface area (Å²) in [5.74, 6) is 0.942. The van der Waals surface area contributed by atoms with Crippen molar-refractivity contribution in [2.24, 2.45) is 0 Å². The first-order chi connectivity index (χ1) is 11.6. The number of carbonyl (C=O) groups excluding carboxylic acids is 1. The smallest absolute Gasteiger partial charge is 0.264 e. The van der Waals surface area contributed by atoms with Crippen LogP contribution in [0, 0.1) is 0 Å². The molecular weight excluding hydrogens is 306 g/mol. The zero-order valence-corrected chi connectivity index (χ0v) is 14.1. The third kappa shape index (κ3) is 2.91. The zero-order chi connectivity index (χ0) is 17.2. The fraction of sp³-hybridized carbons (Fsp3) is 0.389. The van der Waals surface area contributed by atoms with E-state index >= 15 is 0 Å². The SMILES string of the molecule is COc1cccc(OC)c1C(=O)Nc1ccc(C2(C)CCC2)nn1. The minimum Gasteiger partial charge on any atom is -0.496 e. The summed E-state index contributed by atoms with van der Waals surface area (Å²) in [5, 5.41) is 11.2. The Balaban J connectivity index is 1.80. The van der Waals surface area contributed by atoms with Gasteiger partial charge < -0.3 is 14.8 Å². The first-order valence-corrected chi connectivity index (χ1v) is 7.94. The number of carbonyl (C=O) groups is 1. The number of benzene rings is 1. The molecule has 0 unspecified atom stereocenters. The van der Waals surface area contributed by atoms with Crippen LogP contribution in [0.4, 0.5) is 5.82 Å². The standard InChI is InChI=1S/C18H21N3O3/c1-18(10-5-11-18)14-8-9-15(21-20-14)19-17(22)16-12(23-2)6-4-7-13(16)24-3/h4,6-9H,5,10-11H2,1-3H3,(H,19,21,22). The van der Waals surface area contributed by atoms with Crippen LogP contribution in [-0.2, 0) is 5.41 Å². The molecule has 1 amide bonds. The van der Waals surface area contributed by atoms with Crippen molar-refractivity contribution >= 4 is 11.7 Å². The summed E-state index contributed by atoms with van der Waals surface area (Å²) >= 11 is 0. The van der Waals surface area contributed by atoms with Gasteiger partial charge in [-0.3, -0.25) is 4.79 Å². The van der Waals surface area contributed by atoms with Crippen LogP contribution in [0.25, 0.3) is 0 Å². The van der Waals surface area contributed by atoms with Gasteiger partial charge in [-0.1, -0.05) is 19.4 Å². The molecule has 3 rings (SSSR count). The van der Waals surface area contributed by atoms with Crippen molar-refractivity contribution < 1.29 is 14.3 Å². The van der Waals surface area contributed by atoms with E-state index in [0.29, 0.717) is 22.9 Å². The van der Waals surface area contributed by atoms with Crippen LogP contribution in [0.5, 0.6) is 11.5 Å². The first-order valence-electron chi connectivity index (χ1n) is 7.94. The Morgan fingerprint density at radius 2 is 1.75 bits per heavy atom. The number of nitrogens with one attached hydrogen (secondary N) is 1. The molecule has 2 aromatic rings. The lowest BCUT2D eigenvalue weighted by atomic mass is 9.68. The summed E-state index contributed by atoms with van der Waals surface area (Å²) in [6, 6.07) is 8.91. The van der Waals surface area contributed by atoms with E-state index in [9.17, 15) is 4.79 Å². The Bertz CT molecular complexity index is 717. The molecule has 24 heavy (non-hydrogen) atoms. The molecule has 1 saturated carbocycles. The van der Waals surface area contributed by atoms with Crippen molar-refractivity contribution in [3.05, 3.63) is 41.6 Å². The molecule has 0 saturated heterocycles. The normalized spacial score (nSPS) is 15.3. The topological polar surface area (TPSA) is 73.3 Å². The van der Waals surface area contributed by atoms with Gasteiger partial charge in [-0.2, -0.15) is 5.10 Å². The predicted molar refractivity (Wildman–Crippen MR) is 90.7 cm³/mol. The van der Waals surface area contributed by atoms with Crippen LogP contribution in [0.1, 0.15) is 42.2 Å². The van der Waals surface area contributed by atoms with E-state index in [-0.39, 0.29) is 11.3 Å². The molecule has 1 heterocycles. The summed E-state index contributed by atoms with van der Waals surface area (Å²) in [4.78, 5) is 12.6. The molecule has 0 bridgehead atoms. The Morgan fingerprint density at radius 3 is 2.21 bits per heavy atom. The Morgan fingerprint density at radius 1 is 1.08 bits per heavy atom. The number of aromatic nitrogens is 2. The van der Waals surface area contributed by atoms with Gasteiger partial charge in [0.05, 0.1) is 19.9 Å². The average molecular weight is 327 g/mol. The first kappa shape index (κ1) is 16.2. The van der Waals surface area contributed by atoms with Crippen LogP contribution in [-0.4, -0.2) is 30.3 Å². The molecule has 126 valence electrons. The van der Waals surface area contributed by atoms with Gasteiger partial charge in [0.15, 0.2) is 5.82 Å². The van der Waals surface area contributed by atoms with Gasteiger partial charge in [0.1, 0.15) is 17.1 Å². The second kappa shape index (κ2) is 6.47. The van der Waals surface area contributed by atoms with Gasteiger partial charge in [-0.25, -0.2) is 0 Å². The number of hydrogen-bond acceptors (Lipinski definition) is 5. The van der Waals surface area contributed by atoms with Gasteiger partial charge in [-0.05, 0) is 37.1 Å². The molecule has 0 radical (unpaired) electrons. The second-order valence-corrected chi connectivity index (χ2v) is 6.21. The third-order valence-electron chi connectivity index (χ3n) is 4.64. The highest BCUT2D eigenvalue weighted by Gasteiger charge is 2.35. The van der Waals surface area contributed by atoms with E-state index in [0.717, 1.165) is 18.5 Å². The summed E-state index contributed by atoms with van der Waals surface area (Å²) in [5.41, 5.74) is 1.43. The van der Waals surface area contributed by atoms with Crippen molar-refractivity contribution in [2.45, 2.75) is 31.6 Å². The van der Waals surface area contributed by atoms with Crippen LogP contribution in [0.15, 0.2) is 30.3 Å². The molecule has 1 aromatic heterocycles. The fourth-order valence-electron chi connectivity index (χ4n) is 2.94. The molecule has 1 N–H and O–H groups in total. The van der Waals surface area contributed by atoms with E-state index in [1.165, 1.54) is 20.6 Å². The van der Waals surface area contributed by atoms with Crippen molar-refractivity contribution in [1.82, 2.24) is 10.2 Å². The maximum absolute atomic E-state index is 12.6. The molecule has 1 aliphatic carbocycles. The van der Waals surface area contributed by atoms with Crippen LogP contribution in [0.3, 0.4) is 0 Å². The molecule has 1 aliphatic rings. The minimum absolute atomic E-state index is 0.126. The molecular formula is C18H21N3O3. The number of amides is 1. The van der Waals surface area contributed by atoms with Crippen molar-refractivity contribution in [1.29, 1.82) is 0 Å². The number of rotatable bonds is 5. The third-order valence-corrected chi connectivity index (χ3v) is 4.64. The lowest BCUT2D eigenvalue weighted by Crippen LogP contribution is -2.31. The van der Waals surface area contributed by atoms with E-state index in [2.05, 4.69) is 22.4 Å². The highest BCUT2D eigenvalue weighted by Crippen LogP contribution is 2.42. The van der Waals surface area contributed by atoms with Gasteiger partial charge in [0.2, 0.25) is 0 Å². The second-order valence-electron chi connectivity index (χ2n) is 6.21. The molecule has 0 aliphatic heterocycles. The summed E-state index contributed by atoms with van der Waals surface area (Å²) in [7, 11) is 3.03.